The van der Waals surface area contributed by atoms with E-state index in [9.17, 15) is 0 Å². The zero-order valence-corrected chi connectivity index (χ0v) is 14.7. The van der Waals surface area contributed by atoms with E-state index >= 15 is 0 Å². The van der Waals surface area contributed by atoms with Gasteiger partial charge in [-0.05, 0) is 31.0 Å². The summed E-state index contributed by atoms with van der Waals surface area (Å²) in [6, 6.07) is 14.0. The van der Waals surface area contributed by atoms with Crippen LogP contribution in [0.4, 0.5) is 0 Å². The van der Waals surface area contributed by atoms with E-state index < -0.39 is 0 Å². The number of hydrogen-bond donors (Lipinski definition) is 0. The van der Waals surface area contributed by atoms with Crippen LogP contribution < -0.4 is 21.5 Å². The van der Waals surface area contributed by atoms with Crippen LogP contribution in [0.2, 0.25) is 5.02 Å². The maximum Gasteiger partial charge on any atom is 0.178 e. The zero-order chi connectivity index (χ0) is 14.4. The topological polar surface area (TPSA) is 13.1 Å². The molecule has 1 aromatic heterocycles. The SMILES string of the molecule is CCC(C)OC(C[n+]1ccccc1)c1ccc(Cl)cc1.[Br-]. The summed E-state index contributed by atoms with van der Waals surface area (Å²) in [6.45, 7) is 5.05. The molecule has 0 aliphatic rings. The molecule has 21 heavy (non-hydrogen) atoms. The molecule has 0 saturated heterocycles. The predicted octanol–water partition coefficient (Wildman–Crippen LogP) is 1.19. The van der Waals surface area contributed by atoms with E-state index in [0.29, 0.717) is 0 Å². The molecule has 0 bridgehead atoms. The smallest absolute Gasteiger partial charge is 0.178 e. The highest BCUT2D eigenvalue weighted by atomic mass is 79.9. The Kier molecular flexibility index (Phi) is 7.94. The van der Waals surface area contributed by atoms with E-state index in [1.54, 1.807) is 0 Å². The molecular weight excluding hydrogens is 350 g/mol. The Bertz CT molecular complexity index is 518. The van der Waals surface area contributed by atoms with Crippen LogP contribution >= 0.6 is 11.6 Å². The first-order chi connectivity index (χ1) is 9.69. The van der Waals surface area contributed by atoms with Gasteiger partial charge in [0.1, 0.15) is 6.10 Å². The van der Waals surface area contributed by atoms with Crippen molar-refractivity contribution in [2.75, 3.05) is 0 Å². The lowest BCUT2D eigenvalue weighted by molar-refractivity contribution is -0.705. The molecule has 1 aromatic carbocycles. The lowest BCUT2D eigenvalue weighted by Gasteiger charge is -2.20. The van der Waals surface area contributed by atoms with Crippen LogP contribution in [-0.2, 0) is 11.3 Å². The third-order valence-corrected chi connectivity index (χ3v) is 3.62. The van der Waals surface area contributed by atoms with Crippen molar-refractivity contribution in [3.63, 3.8) is 0 Å². The maximum atomic E-state index is 6.17. The fourth-order valence-electron chi connectivity index (χ4n) is 2.03. The number of aromatic nitrogens is 1. The summed E-state index contributed by atoms with van der Waals surface area (Å²) < 4.78 is 8.31. The molecule has 0 aliphatic carbocycles. The van der Waals surface area contributed by atoms with Crippen molar-refractivity contribution in [1.29, 1.82) is 0 Å². The number of halogens is 2. The lowest BCUT2D eigenvalue weighted by Crippen LogP contribution is -3.00. The fourth-order valence-corrected chi connectivity index (χ4v) is 2.15. The van der Waals surface area contributed by atoms with Crippen molar-refractivity contribution in [3.05, 3.63) is 65.4 Å². The quantitative estimate of drug-likeness (QED) is 0.696. The maximum absolute atomic E-state index is 6.17. The van der Waals surface area contributed by atoms with Gasteiger partial charge in [-0.3, -0.25) is 0 Å². The van der Waals surface area contributed by atoms with Crippen molar-refractivity contribution in [1.82, 2.24) is 0 Å². The molecule has 2 rings (SSSR count). The second-order valence-corrected chi connectivity index (χ2v) is 5.40. The van der Waals surface area contributed by atoms with Crippen LogP contribution in [0.1, 0.15) is 31.9 Å². The van der Waals surface area contributed by atoms with Crippen LogP contribution in [0.5, 0.6) is 0 Å². The van der Waals surface area contributed by atoms with Gasteiger partial charge < -0.3 is 21.7 Å². The Hall–Kier alpha value is -0.900. The predicted molar refractivity (Wildman–Crippen MR) is 81.7 cm³/mol. The van der Waals surface area contributed by atoms with Gasteiger partial charge in [-0.15, -0.1) is 0 Å². The van der Waals surface area contributed by atoms with Gasteiger partial charge in [-0.2, -0.15) is 0 Å². The number of ether oxygens (including phenoxy) is 1. The molecule has 0 N–H and O–H groups in total. The Balaban J connectivity index is 0.00000220. The van der Waals surface area contributed by atoms with E-state index in [4.69, 9.17) is 16.3 Å². The minimum Gasteiger partial charge on any atom is -1.00 e. The highest BCUT2D eigenvalue weighted by Crippen LogP contribution is 2.22. The summed E-state index contributed by atoms with van der Waals surface area (Å²) >= 11 is 5.96. The van der Waals surface area contributed by atoms with Gasteiger partial charge >= 0.3 is 0 Å². The van der Waals surface area contributed by atoms with Crippen molar-refractivity contribution in [2.45, 2.75) is 39.0 Å². The Labute approximate surface area is 142 Å². The molecule has 2 unspecified atom stereocenters. The molecule has 114 valence electrons. The molecule has 0 amide bonds. The lowest BCUT2D eigenvalue weighted by atomic mass is 10.1. The minimum absolute atomic E-state index is 0. The van der Waals surface area contributed by atoms with Crippen molar-refractivity contribution in [3.8, 4) is 0 Å². The number of pyridine rings is 1. The Morgan fingerprint density at radius 2 is 1.71 bits per heavy atom. The zero-order valence-electron chi connectivity index (χ0n) is 12.4. The van der Waals surface area contributed by atoms with Crippen LogP contribution in [0.15, 0.2) is 54.9 Å². The third kappa shape index (κ3) is 5.77. The summed E-state index contributed by atoms with van der Waals surface area (Å²) in [4.78, 5) is 0. The van der Waals surface area contributed by atoms with Crippen LogP contribution in [-0.4, -0.2) is 6.10 Å². The fraction of sp³-hybridized carbons (Fsp3) is 0.353. The second-order valence-electron chi connectivity index (χ2n) is 4.97. The average molecular weight is 371 g/mol. The average Bonchev–Trinajstić information content (AvgIpc) is 2.48. The van der Waals surface area contributed by atoms with Crippen molar-refractivity contribution in [2.24, 2.45) is 0 Å². The van der Waals surface area contributed by atoms with E-state index in [2.05, 4.69) is 30.8 Å². The van der Waals surface area contributed by atoms with E-state index in [0.717, 1.165) is 23.6 Å². The van der Waals surface area contributed by atoms with Crippen molar-refractivity contribution < 1.29 is 26.3 Å². The highest BCUT2D eigenvalue weighted by molar-refractivity contribution is 6.30. The molecule has 0 saturated carbocycles. The molecule has 0 spiro atoms. The monoisotopic (exact) mass is 369 g/mol. The minimum atomic E-state index is 0. The Morgan fingerprint density at radius 1 is 1.10 bits per heavy atom. The Morgan fingerprint density at radius 3 is 2.29 bits per heavy atom. The summed E-state index contributed by atoms with van der Waals surface area (Å²) in [5.41, 5.74) is 1.16. The molecule has 0 fully saturated rings. The van der Waals surface area contributed by atoms with Gasteiger partial charge in [-0.25, -0.2) is 4.57 Å². The number of benzene rings is 1. The normalized spacial score (nSPS) is 13.3. The summed E-state index contributed by atoms with van der Waals surface area (Å²) in [7, 11) is 0. The number of rotatable bonds is 6. The molecule has 2 aromatic rings. The number of nitrogens with zero attached hydrogens (tertiary/aromatic N) is 1. The van der Waals surface area contributed by atoms with Gasteiger partial charge in [-0.1, -0.05) is 36.7 Å². The van der Waals surface area contributed by atoms with Crippen LogP contribution in [0.25, 0.3) is 0 Å². The molecule has 0 aliphatic heterocycles. The van der Waals surface area contributed by atoms with Crippen molar-refractivity contribution >= 4 is 11.6 Å². The van der Waals surface area contributed by atoms with E-state index in [-0.39, 0.29) is 29.2 Å². The third-order valence-electron chi connectivity index (χ3n) is 3.37. The van der Waals surface area contributed by atoms with Gasteiger partial charge in [0, 0.05) is 17.2 Å². The first-order valence-electron chi connectivity index (χ1n) is 7.04. The standard InChI is InChI=1S/C17H21ClNO.BrH/c1-3-14(2)20-17(13-19-11-5-4-6-12-19)15-7-9-16(18)10-8-15;/h4-12,14,17H,3,13H2,1-2H3;1H/q+1;/p-1. The first-order valence-corrected chi connectivity index (χ1v) is 7.42. The molecular formula is C17H21BrClNO. The van der Waals surface area contributed by atoms with Crippen LogP contribution in [0.3, 0.4) is 0 Å². The van der Waals surface area contributed by atoms with E-state index in [1.807, 2.05) is 42.5 Å². The summed E-state index contributed by atoms with van der Waals surface area (Å²) in [5, 5.41) is 0.753. The molecule has 2 nitrogen and oxygen atoms in total. The first kappa shape index (κ1) is 18.1. The van der Waals surface area contributed by atoms with Gasteiger partial charge in [0.2, 0.25) is 0 Å². The summed E-state index contributed by atoms with van der Waals surface area (Å²) in [5.74, 6) is 0. The molecule has 0 radical (unpaired) electrons. The van der Waals surface area contributed by atoms with Gasteiger partial charge in [0.25, 0.3) is 0 Å². The van der Waals surface area contributed by atoms with Crippen LogP contribution in [0, 0.1) is 0 Å². The molecule has 4 heteroatoms. The summed E-state index contributed by atoms with van der Waals surface area (Å²) in [6.07, 6.45) is 5.39. The number of hydrogen-bond acceptors (Lipinski definition) is 1. The van der Waals surface area contributed by atoms with Gasteiger partial charge in [0.15, 0.2) is 18.9 Å². The molecule has 2 atom stereocenters. The van der Waals surface area contributed by atoms with E-state index in [1.165, 1.54) is 0 Å². The van der Waals surface area contributed by atoms with Gasteiger partial charge in [0.05, 0.1) is 6.10 Å². The highest BCUT2D eigenvalue weighted by Gasteiger charge is 2.19. The molecule has 1 heterocycles. The largest absolute Gasteiger partial charge is 1.00 e. The second kappa shape index (κ2) is 9.19.